The normalized spacial score (nSPS) is 12.7. The Hall–Kier alpha value is -0.540. The Morgan fingerprint density at radius 1 is 1.29 bits per heavy atom. The standard InChI is InChI=1S/C13H13Cl2NS/c1-2-8-6-7-17-13(8)12(16)9-4-3-5-10(14)11(9)15/h3-7,12H,2,16H2,1H3. The van der Waals surface area contributed by atoms with Gasteiger partial charge >= 0.3 is 0 Å². The SMILES string of the molecule is CCc1ccsc1C(N)c1cccc(Cl)c1Cl. The van der Waals surface area contributed by atoms with Crippen LogP contribution in [0.1, 0.15) is 29.0 Å². The zero-order valence-electron chi connectivity index (χ0n) is 9.41. The molecule has 2 aromatic rings. The molecule has 90 valence electrons. The molecule has 17 heavy (non-hydrogen) atoms. The maximum atomic E-state index is 6.27. The molecule has 0 aliphatic heterocycles. The van der Waals surface area contributed by atoms with Crippen LogP contribution in [0.4, 0.5) is 0 Å². The molecule has 2 rings (SSSR count). The van der Waals surface area contributed by atoms with Crippen molar-refractivity contribution in [3.8, 4) is 0 Å². The first-order chi connectivity index (χ1) is 8.15. The van der Waals surface area contributed by atoms with Crippen molar-refractivity contribution in [1.82, 2.24) is 0 Å². The zero-order chi connectivity index (χ0) is 12.4. The number of rotatable bonds is 3. The predicted molar refractivity (Wildman–Crippen MR) is 76.2 cm³/mol. The second-order valence-corrected chi connectivity index (χ2v) is 5.52. The number of thiophene rings is 1. The van der Waals surface area contributed by atoms with Gasteiger partial charge in [-0.3, -0.25) is 0 Å². The van der Waals surface area contributed by atoms with Gasteiger partial charge in [-0.15, -0.1) is 11.3 Å². The fourth-order valence-electron chi connectivity index (χ4n) is 1.81. The van der Waals surface area contributed by atoms with E-state index < -0.39 is 0 Å². The van der Waals surface area contributed by atoms with E-state index in [0.29, 0.717) is 10.0 Å². The van der Waals surface area contributed by atoms with Crippen LogP contribution in [0, 0.1) is 0 Å². The number of benzene rings is 1. The lowest BCUT2D eigenvalue weighted by molar-refractivity contribution is 0.874. The van der Waals surface area contributed by atoms with E-state index in [1.807, 2.05) is 12.1 Å². The van der Waals surface area contributed by atoms with Gasteiger partial charge in [-0.05, 0) is 35.1 Å². The van der Waals surface area contributed by atoms with E-state index >= 15 is 0 Å². The first-order valence-corrected chi connectivity index (χ1v) is 7.04. The van der Waals surface area contributed by atoms with E-state index in [2.05, 4.69) is 18.4 Å². The van der Waals surface area contributed by atoms with Crippen molar-refractivity contribution in [2.45, 2.75) is 19.4 Å². The molecular formula is C13H13Cl2NS. The molecule has 1 atom stereocenters. The van der Waals surface area contributed by atoms with Crippen molar-refractivity contribution in [2.75, 3.05) is 0 Å². The average molecular weight is 286 g/mol. The molecule has 0 fully saturated rings. The summed E-state index contributed by atoms with van der Waals surface area (Å²) in [6.07, 6.45) is 0.977. The third kappa shape index (κ3) is 2.50. The second-order valence-electron chi connectivity index (χ2n) is 3.78. The van der Waals surface area contributed by atoms with Gasteiger partial charge in [-0.2, -0.15) is 0 Å². The average Bonchev–Trinajstić information content (AvgIpc) is 2.80. The van der Waals surface area contributed by atoms with Gasteiger partial charge in [0.2, 0.25) is 0 Å². The van der Waals surface area contributed by atoms with E-state index in [-0.39, 0.29) is 6.04 Å². The van der Waals surface area contributed by atoms with Crippen molar-refractivity contribution in [3.63, 3.8) is 0 Å². The lowest BCUT2D eigenvalue weighted by atomic mass is 10.0. The third-order valence-electron chi connectivity index (χ3n) is 2.76. The van der Waals surface area contributed by atoms with E-state index in [1.165, 1.54) is 5.56 Å². The van der Waals surface area contributed by atoms with Gasteiger partial charge in [0.05, 0.1) is 16.1 Å². The third-order valence-corrected chi connectivity index (χ3v) is 4.64. The van der Waals surface area contributed by atoms with E-state index in [1.54, 1.807) is 17.4 Å². The van der Waals surface area contributed by atoms with Gasteiger partial charge < -0.3 is 5.73 Å². The molecule has 0 saturated heterocycles. The monoisotopic (exact) mass is 285 g/mol. The van der Waals surface area contributed by atoms with Crippen molar-refractivity contribution >= 4 is 34.5 Å². The van der Waals surface area contributed by atoms with E-state index in [9.17, 15) is 0 Å². The second kappa shape index (κ2) is 5.40. The first kappa shape index (κ1) is 12.9. The van der Waals surface area contributed by atoms with Gasteiger partial charge in [0, 0.05) is 4.88 Å². The first-order valence-electron chi connectivity index (χ1n) is 5.41. The highest BCUT2D eigenvalue weighted by atomic mass is 35.5. The summed E-state index contributed by atoms with van der Waals surface area (Å²) in [7, 11) is 0. The molecule has 1 aromatic heterocycles. The van der Waals surface area contributed by atoms with Crippen LogP contribution in [0.15, 0.2) is 29.6 Å². The minimum Gasteiger partial charge on any atom is -0.320 e. The summed E-state index contributed by atoms with van der Waals surface area (Å²) in [5.41, 5.74) is 8.44. The number of halogens is 2. The highest BCUT2D eigenvalue weighted by molar-refractivity contribution is 7.10. The Labute approximate surface area is 115 Å². The lowest BCUT2D eigenvalue weighted by Crippen LogP contribution is -2.12. The van der Waals surface area contributed by atoms with Crippen LogP contribution in [0.3, 0.4) is 0 Å². The van der Waals surface area contributed by atoms with Crippen LogP contribution >= 0.6 is 34.5 Å². The smallest absolute Gasteiger partial charge is 0.0663 e. The fourth-order valence-corrected chi connectivity index (χ4v) is 3.26. The summed E-state index contributed by atoms with van der Waals surface area (Å²) < 4.78 is 0. The van der Waals surface area contributed by atoms with E-state index in [0.717, 1.165) is 16.9 Å². The summed E-state index contributed by atoms with van der Waals surface area (Å²) in [6, 6.07) is 7.49. The lowest BCUT2D eigenvalue weighted by Gasteiger charge is -2.14. The fraction of sp³-hybridized carbons (Fsp3) is 0.231. The van der Waals surface area contributed by atoms with Crippen molar-refractivity contribution in [3.05, 3.63) is 55.7 Å². The highest BCUT2D eigenvalue weighted by Crippen LogP contribution is 2.35. The Morgan fingerprint density at radius 3 is 2.76 bits per heavy atom. The van der Waals surface area contributed by atoms with Gasteiger partial charge in [0.15, 0.2) is 0 Å². The molecule has 0 aliphatic carbocycles. The molecule has 4 heteroatoms. The van der Waals surface area contributed by atoms with Crippen LogP contribution < -0.4 is 5.73 Å². The molecule has 0 spiro atoms. The number of hydrogen-bond acceptors (Lipinski definition) is 2. The number of aryl methyl sites for hydroxylation is 1. The Balaban J connectivity index is 2.44. The van der Waals surface area contributed by atoms with Crippen LogP contribution in [-0.2, 0) is 6.42 Å². The van der Waals surface area contributed by atoms with Gasteiger partial charge in [0.25, 0.3) is 0 Å². The number of nitrogens with two attached hydrogens (primary N) is 1. The molecule has 0 bridgehead atoms. The quantitative estimate of drug-likeness (QED) is 0.872. The molecule has 0 aliphatic rings. The topological polar surface area (TPSA) is 26.0 Å². The minimum atomic E-state index is -0.198. The molecule has 1 heterocycles. The van der Waals surface area contributed by atoms with Crippen LogP contribution in [0.25, 0.3) is 0 Å². The van der Waals surface area contributed by atoms with Gasteiger partial charge in [-0.25, -0.2) is 0 Å². The van der Waals surface area contributed by atoms with Crippen molar-refractivity contribution in [2.24, 2.45) is 5.73 Å². The molecular weight excluding hydrogens is 273 g/mol. The van der Waals surface area contributed by atoms with E-state index in [4.69, 9.17) is 28.9 Å². The zero-order valence-corrected chi connectivity index (χ0v) is 11.7. The highest BCUT2D eigenvalue weighted by Gasteiger charge is 2.17. The largest absolute Gasteiger partial charge is 0.320 e. The molecule has 1 unspecified atom stereocenters. The maximum absolute atomic E-state index is 6.27. The Bertz CT molecular complexity index is 522. The summed E-state index contributed by atoms with van der Waals surface area (Å²) in [5, 5.41) is 3.17. The summed E-state index contributed by atoms with van der Waals surface area (Å²) >= 11 is 13.9. The predicted octanol–water partition coefficient (Wildman–Crippen LogP) is 4.67. The molecule has 2 N–H and O–H groups in total. The minimum absolute atomic E-state index is 0.198. The Kier molecular flexibility index (Phi) is 4.10. The van der Waals surface area contributed by atoms with Crippen LogP contribution in [0.5, 0.6) is 0 Å². The summed E-state index contributed by atoms with van der Waals surface area (Å²) in [6.45, 7) is 2.12. The van der Waals surface area contributed by atoms with Gasteiger partial charge in [0.1, 0.15) is 0 Å². The van der Waals surface area contributed by atoms with Crippen molar-refractivity contribution < 1.29 is 0 Å². The number of hydrogen-bond donors (Lipinski definition) is 1. The molecule has 0 radical (unpaired) electrons. The van der Waals surface area contributed by atoms with Gasteiger partial charge in [-0.1, -0.05) is 42.3 Å². The summed E-state index contributed by atoms with van der Waals surface area (Å²) in [4.78, 5) is 1.16. The van der Waals surface area contributed by atoms with Crippen LogP contribution in [-0.4, -0.2) is 0 Å². The Morgan fingerprint density at radius 2 is 2.06 bits per heavy atom. The maximum Gasteiger partial charge on any atom is 0.0663 e. The van der Waals surface area contributed by atoms with Crippen molar-refractivity contribution in [1.29, 1.82) is 0 Å². The molecule has 1 nitrogen and oxygen atoms in total. The summed E-state index contributed by atoms with van der Waals surface area (Å²) in [5.74, 6) is 0. The molecule has 1 aromatic carbocycles. The molecule has 0 amide bonds. The molecule has 0 saturated carbocycles. The van der Waals surface area contributed by atoms with Crippen LogP contribution in [0.2, 0.25) is 10.0 Å².